The first-order chi connectivity index (χ1) is 14.0. The summed E-state index contributed by atoms with van der Waals surface area (Å²) < 4.78 is 11.0. The minimum Gasteiger partial charge on any atom is -0.489 e. The Labute approximate surface area is 172 Å². The molecular formula is C24H30N2O3. The Hall–Kier alpha value is -2.30. The smallest absolute Gasteiger partial charge is 0.224 e. The highest BCUT2D eigenvalue weighted by atomic mass is 16.5. The molecule has 1 aromatic heterocycles. The highest BCUT2D eigenvalue weighted by molar-refractivity contribution is 5.79. The zero-order valence-corrected chi connectivity index (χ0v) is 17.4. The molecule has 0 unspecified atom stereocenters. The molecule has 4 bridgehead atoms. The van der Waals surface area contributed by atoms with Gasteiger partial charge in [-0.05, 0) is 87.8 Å². The molecule has 1 aromatic carbocycles. The first-order valence-corrected chi connectivity index (χ1v) is 10.9. The van der Waals surface area contributed by atoms with E-state index < -0.39 is 0 Å². The maximum absolute atomic E-state index is 12.8. The normalized spacial score (nSPS) is 29.8. The third-order valence-corrected chi connectivity index (χ3v) is 7.30. The van der Waals surface area contributed by atoms with Gasteiger partial charge in [-0.25, -0.2) is 0 Å². The molecule has 4 aliphatic carbocycles. The molecule has 4 saturated carbocycles. The van der Waals surface area contributed by atoms with Crippen molar-refractivity contribution in [1.29, 1.82) is 0 Å². The first kappa shape index (κ1) is 18.7. The number of hydrogen-bond donors (Lipinski definition) is 1. The maximum Gasteiger partial charge on any atom is 0.224 e. The fourth-order valence-corrected chi connectivity index (χ4v) is 6.36. The summed E-state index contributed by atoms with van der Waals surface area (Å²) in [5, 5.41) is 7.41. The van der Waals surface area contributed by atoms with E-state index in [2.05, 4.69) is 10.5 Å². The lowest BCUT2D eigenvalue weighted by Gasteiger charge is -2.56. The summed E-state index contributed by atoms with van der Waals surface area (Å²) in [5.41, 5.74) is 2.96. The molecule has 4 aliphatic rings. The number of rotatable bonds is 6. The van der Waals surface area contributed by atoms with Gasteiger partial charge in [0, 0.05) is 5.54 Å². The standard InChI is InChI=1S/C24H30N2O3/c1-15-22(16(2)29-26-15)14-28-21-5-3-17(4-6-21)10-23(27)25-24-11-18-7-19(12-24)9-20(8-18)13-24/h3-6,18-20H,7-14H2,1-2H3,(H,25,27). The summed E-state index contributed by atoms with van der Waals surface area (Å²) in [5.74, 6) is 4.27. The molecule has 0 aliphatic heterocycles. The van der Waals surface area contributed by atoms with Crippen molar-refractivity contribution < 1.29 is 14.1 Å². The van der Waals surface area contributed by atoms with Gasteiger partial charge < -0.3 is 14.6 Å². The minimum absolute atomic E-state index is 0.0865. The Kier molecular flexibility index (Phi) is 4.64. The van der Waals surface area contributed by atoms with Crippen LogP contribution in [0.4, 0.5) is 0 Å². The van der Waals surface area contributed by atoms with Crippen LogP contribution >= 0.6 is 0 Å². The summed E-state index contributed by atoms with van der Waals surface area (Å²) in [6.07, 6.45) is 8.20. The lowest BCUT2D eigenvalue weighted by molar-refractivity contribution is -0.126. The molecule has 5 heteroatoms. The van der Waals surface area contributed by atoms with Gasteiger partial charge in [-0.2, -0.15) is 0 Å². The Balaban J connectivity index is 1.16. The quantitative estimate of drug-likeness (QED) is 0.784. The van der Waals surface area contributed by atoms with Crippen molar-refractivity contribution in [3.8, 4) is 5.75 Å². The van der Waals surface area contributed by atoms with Crippen LogP contribution in [0.15, 0.2) is 28.8 Å². The third kappa shape index (κ3) is 3.79. The number of ether oxygens (including phenoxy) is 1. The zero-order valence-electron chi connectivity index (χ0n) is 17.4. The molecule has 29 heavy (non-hydrogen) atoms. The van der Waals surface area contributed by atoms with E-state index in [4.69, 9.17) is 9.26 Å². The predicted molar refractivity (Wildman–Crippen MR) is 110 cm³/mol. The van der Waals surface area contributed by atoms with Crippen LogP contribution in [-0.2, 0) is 17.8 Å². The molecule has 5 nitrogen and oxygen atoms in total. The van der Waals surface area contributed by atoms with Crippen LogP contribution in [0.5, 0.6) is 5.75 Å². The average molecular weight is 395 g/mol. The van der Waals surface area contributed by atoms with E-state index in [0.29, 0.717) is 13.0 Å². The zero-order chi connectivity index (χ0) is 20.0. The number of nitrogens with one attached hydrogen (secondary N) is 1. The Bertz CT molecular complexity index is 845. The molecule has 154 valence electrons. The summed E-state index contributed by atoms with van der Waals surface area (Å²) in [7, 11) is 0. The second kappa shape index (κ2) is 7.19. The summed E-state index contributed by atoms with van der Waals surface area (Å²) in [6, 6.07) is 7.85. The summed E-state index contributed by atoms with van der Waals surface area (Å²) in [6.45, 7) is 4.25. The van der Waals surface area contributed by atoms with E-state index in [-0.39, 0.29) is 11.4 Å². The lowest BCUT2D eigenvalue weighted by Crippen LogP contribution is -2.60. The first-order valence-electron chi connectivity index (χ1n) is 10.9. The molecular weight excluding hydrogens is 364 g/mol. The molecule has 2 aromatic rings. The number of carbonyl (C=O) groups excluding carboxylic acids is 1. The minimum atomic E-state index is 0.0865. The van der Waals surface area contributed by atoms with Crippen molar-refractivity contribution in [3.63, 3.8) is 0 Å². The van der Waals surface area contributed by atoms with Crippen molar-refractivity contribution >= 4 is 5.91 Å². The summed E-state index contributed by atoms with van der Waals surface area (Å²) >= 11 is 0. The number of nitrogens with zero attached hydrogens (tertiary/aromatic N) is 1. The van der Waals surface area contributed by atoms with Crippen LogP contribution < -0.4 is 10.1 Å². The molecule has 0 saturated heterocycles. The van der Waals surface area contributed by atoms with E-state index in [1.807, 2.05) is 38.1 Å². The SMILES string of the molecule is Cc1noc(C)c1COc1ccc(CC(=O)NC23CC4CC(CC(C4)C2)C3)cc1. The van der Waals surface area contributed by atoms with Gasteiger partial charge in [-0.15, -0.1) is 0 Å². The predicted octanol–water partition coefficient (Wildman–Crippen LogP) is 4.50. The number of amides is 1. The van der Waals surface area contributed by atoms with Gasteiger partial charge in [0.15, 0.2) is 0 Å². The molecule has 1 amide bonds. The van der Waals surface area contributed by atoms with Gasteiger partial charge in [0.1, 0.15) is 18.1 Å². The number of aryl methyl sites for hydroxylation is 2. The Morgan fingerprint density at radius 3 is 2.28 bits per heavy atom. The van der Waals surface area contributed by atoms with Crippen LogP contribution in [0.3, 0.4) is 0 Å². The molecule has 6 rings (SSSR count). The van der Waals surface area contributed by atoms with Gasteiger partial charge in [-0.1, -0.05) is 17.3 Å². The molecule has 1 N–H and O–H groups in total. The van der Waals surface area contributed by atoms with Crippen LogP contribution in [0.25, 0.3) is 0 Å². The Morgan fingerprint density at radius 1 is 1.10 bits per heavy atom. The largest absolute Gasteiger partial charge is 0.489 e. The van der Waals surface area contributed by atoms with Crippen molar-refractivity contribution in [2.24, 2.45) is 17.8 Å². The highest BCUT2D eigenvalue weighted by Gasteiger charge is 2.51. The fraction of sp³-hybridized carbons (Fsp3) is 0.583. The third-order valence-electron chi connectivity index (χ3n) is 7.30. The average Bonchev–Trinajstić information content (AvgIpc) is 2.97. The van der Waals surface area contributed by atoms with Crippen LogP contribution in [0.1, 0.15) is 61.1 Å². The Morgan fingerprint density at radius 2 is 1.72 bits per heavy atom. The molecule has 0 atom stereocenters. The number of carbonyl (C=O) groups is 1. The van der Waals surface area contributed by atoms with E-state index in [9.17, 15) is 4.79 Å². The van der Waals surface area contributed by atoms with Crippen molar-refractivity contribution in [1.82, 2.24) is 10.5 Å². The van der Waals surface area contributed by atoms with Crippen molar-refractivity contribution in [2.45, 2.75) is 70.9 Å². The van der Waals surface area contributed by atoms with Gasteiger partial charge in [0.25, 0.3) is 0 Å². The molecule has 0 spiro atoms. The van der Waals surface area contributed by atoms with E-state index in [0.717, 1.165) is 46.1 Å². The van der Waals surface area contributed by atoms with Gasteiger partial charge in [0.05, 0.1) is 17.7 Å². The lowest BCUT2D eigenvalue weighted by atomic mass is 9.53. The van der Waals surface area contributed by atoms with E-state index in [1.54, 1.807) is 0 Å². The van der Waals surface area contributed by atoms with Gasteiger partial charge in [-0.3, -0.25) is 4.79 Å². The summed E-state index contributed by atoms with van der Waals surface area (Å²) in [4.78, 5) is 12.8. The van der Waals surface area contributed by atoms with E-state index >= 15 is 0 Å². The number of benzene rings is 1. The molecule has 1 heterocycles. The van der Waals surface area contributed by atoms with Crippen molar-refractivity contribution in [3.05, 3.63) is 46.8 Å². The highest BCUT2D eigenvalue weighted by Crippen LogP contribution is 2.55. The second-order valence-electron chi connectivity index (χ2n) is 9.66. The number of hydrogen-bond acceptors (Lipinski definition) is 4. The van der Waals surface area contributed by atoms with Crippen molar-refractivity contribution in [2.75, 3.05) is 0 Å². The van der Waals surface area contributed by atoms with Gasteiger partial charge >= 0.3 is 0 Å². The van der Waals surface area contributed by atoms with Crippen LogP contribution in [0, 0.1) is 31.6 Å². The fourth-order valence-electron chi connectivity index (χ4n) is 6.36. The van der Waals surface area contributed by atoms with Crippen LogP contribution in [0.2, 0.25) is 0 Å². The maximum atomic E-state index is 12.8. The number of aromatic nitrogens is 1. The molecule has 4 fully saturated rings. The van der Waals surface area contributed by atoms with E-state index in [1.165, 1.54) is 38.5 Å². The molecule has 0 radical (unpaired) electrons. The topological polar surface area (TPSA) is 64.4 Å². The van der Waals surface area contributed by atoms with Crippen LogP contribution in [-0.4, -0.2) is 16.6 Å². The van der Waals surface area contributed by atoms with Gasteiger partial charge in [0.2, 0.25) is 5.91 Å². The second-order valence-corrected chi connectivity index (χ2v) is 9.66. The monoisotopic (exact) mass is 394 g/mol.